The van der Waals surface area contributed by atoms with Crippen molar-refractivity contribution in [2.45, 2.75) is 31.6 Å². The summed E-state index contributed by atoms with van der Waals surface area (Å²) in [5, 5.41) is 11.7. The molecule has 13 heavy (non-hydrogen) atoms. The lowest BCUT2D eigenvalue weighted by Crippen LogP contribution is -2.26. The third-order valence-electron chi connectivity index (χ3n) is 1.87. The van der Waals surface area contributed by atoms with Crippen LogP contribution < -0.4 is 5.43 Å². The van der Waals surface area contributed by atoms with Gasteiger partial charge >= 0.3 is 6.09 Å². The van der Waals surface area contributed by atoms with Crippen LogP contribution in [0.1, 0.15) is 25.7 Å². The fourth-order valence-corrected chi connectivity index (χ4v) is 1.14. The molecule has 0 bridgehead atoms. The molecular weight excluding hydrogens is 182 g/mol. The van der Waals surface area contributed by atoms with Crippen LogP contribution in [0.15, 0.2) is 5.10 Å². The van der Waals surface area contributed by atoms with Crippen LogP contribution in [0.5, 0.6) is 0 Å². The van der Waals surface area contributed by atoms with Gasteiger partial charge < -0.3 is 5.11 Å². The monoisotopic (exact) mass is 192 g/mol. The van der Waals surface area contributed by atoms with Gasteiger partial charge in [-0.25, -0.2) is 19.0 Å². The highest BCUT2D eigenvalue weighted by molar-refractivity contribution is 5.86. The summed E-state index contributed by atoms with van der Waals surface area (Å²) in [5.74, 6) is -2.61. The molecule has 6 heteroatoms. The van der Waals surface area contributed by atoms with Crippen molar-refractivity contribution in [1.82, 2.24) is 5.43 Å². The zero-order chi connectivity index (χ0) is 9.90. The van der Waals surface area contributed by atoms with E-state index in [1.807, 2.05) is 0 Å². The molecule has 1 fully saturated rings. The number of halogens is 2. The van der Waals surface area contributed by atoms with Crippen molar-refractivity contribution >= 4 is 11.8 Å². The number of hydrogen-bond donors (Lipinski definition) is 2. The van der Waals surface area contributed by atoms with E-state index in [1.165, 1.54) is 0 Å². The van der Waals surface area contributed by atoms with Crippen molar-refractivity contribution in [3.8, 4) is 0 Å². The van der Waals surface area contributed by atoms with E-state index >= 15 is 0 Å². The van der Waals surface area contributed by atoms with Crippen LogP contribution in [-0.2, 0) is 0 Å². The van der Waals surface area contributed by atoms with Gasteiger partial charge in [0.25, 0.3) is 0 Å². The van der Waals surface area contributed by atoms with Crippen molar-refractivity contribution < 1.29 is 18.7 Å². The van der Waals surface area contributed by atoms with Crippen molar-refractivity contribution in [2.75, 3.05) is 0 Å². The van der Waals surface area contributed by atoms with E-state index in [-0.39, 0.29) is 25.7 Å². The fraction of sp³-hybridized carbons (Fsp3) is 0.714. The summed E-state index contributed by atoms with van der Waals surface area (Å²) in [5.41, 5.74) is 2.30. The van der Waals surface area contributed by atoms with Crippen LogP contribution in [0.4, 0.5) is 13.6 Å². The second-order valence-corrected chi connectivity index (χ2v) is 2.95. The van der Waals surface area contributed by atoms with Crippen LogP contribution >= 0.6 is 0 Å². The van der Waals surface area contributed by atoms with Gasteiger partial charge in [-0.15, -0.1) is 0 Å². The molecule has 1 saturated carbocycles. The SMILES string of the molecule is O=C(O)NN=C1CCC(F)(F)CC1. The lowest BCUT2D eigenvalue weighted by molar-refractivity contribution is -0.0181. The van der Waals surface area contributed by atoms with Gasteiger partial charge in [0, 0.05) is 18.6 Å². The van der Waals surface area contributed by atoms with E-state index in [9.17, 15) is 13.6 Å². The molecule has 0 unspecified atom stereocenters. The molecule has 0 aromatic carbocycles. The average molecular weight is 192 g/mol. The molecule has 1 aliphatic carbocycles. The minimum atomic E-state index is -2.61. The van der Waals surface area contributed by atoms with Gasteiger partial charge in [-0.1, -0.05) is 0 Å². The minimum absolute atomic E-state index is 0.160. The standard InChI is InChI=1S/C7H10F2N2O2/c8-7(9)3-1-5(2-4-7)10-11-6(12)13/h11H,1-4H2,(H,12,13). The van der Waals surface area contributed by atoms with E-state index in [4.69, 9.17) is 5.11 Å². The molecule has 1 rings (SSSR count). The molecule has 0 aliphatic heterocycles. The Morgan fingerprint density at radius 3 is 2.46 bits per heavy atom. The van der Waals surface area contributed by atoms with E-state index in [0.29, 0.717) is 5.71 Å². The number of rotatable bonds is 1. The molecular formula is C7H10F2N2O2. The Hall–Kier alpha value is -1.20. The molecule has 2 N–H and O–H groups in total. The summed E-state index contributed by atoms with van der Waals surface area (Å²) in [6, 6.07) is 0. The highest BCUT2D eigenvalue weighted by Crippen LogP contribution is 2.31. The highest BCUT2D eigenvalue weighted by Gasteiger charge is 2.33. The van der Waals surface area contributed by atoms with Crippen LogP contribution in [0.2, 0.25) is 0 Å². The van der Waals surface area contributed by atoms with Crippen molar-refractivity contribution in [2.24, 2.45) is 5.10 Å². The first kappa shape index (κ1) is 9.88. The van der Waals surface area contributed by atoms with Crippen LogP contribution in [-0.4, -0.2) is 22.8 Å². The predicted molar refractivity (Wildman–Crippen MR) is 42.0 cm³/mol. The van der Waals surface area contributed by atoms with Gasteiger partial charge in [-0.05, 0) is 12.8 Å². The number of carbonyl (C=O) groups is 1. The third-order valence-corrected chi connectivity index (χ3v) is 1.87. The van der Waals surface area contributed by atoms with Crippen molar-refractivity contribution in [3.05, 3.63) is 0 Å². The van der Waals surface area contributed by atoms with Crippen LogP contribution in [0.25, 0.3) is 0 Å². The first-order valence-electron chi connectivity index (χ1n) is 3.92. The van der Waals surface area contributed by atoms with E-state index < -0.39 is 12.0 Å². The maximum absolute atomic E-state index is 12.6. The molecule has 0 heterocycles. The summed E-state index contributed by atoms with van der Waals surface area (Å²) < 4.78 is 25.2. The largest absolute Gasteiger partial charge is 0.464 e. The Morgan fingerprint density at radius 1 is 1.46 bits per heavy atom. The zero-order valence-corrected chi connectivity index (χ0v) is 6.89. The molecule has 1 aliphatic rings. The molecule has 0 atom stereocenters. The first-order chi connectivity index (χ1) is 5.99. The van der Waals surface area contributed by atoms with Gasteiger partial charge in [-0.2, -0.15) is 5.10 Å². The lowest BCUT2D eigenvalue weighted by atomic mass is 9.95. The highest BCUT2D eigenvalue weighted by atomic mass is 19.3. The Morgan fingerprint density at radius 2 is 2.00 bits per heavy atom. The maximum Gasteiger partial charge on any atom is 0.425 e. The summed E-state index contributed by atoms with van der Waals surface area (Å²) >= 11 is 0. The Kier molecular flexibility index (Phi) is 2.79. The Balaban J connectivity index is 2.40. The molecule has 0 aromatic rings. The summed E-state index contributed by atoms with van der Waals surface area (Å²) in [4.78, 5) is 10.0. The number of hydrogen-bond acceptors (Lipinski definition) is 2. The molecule has 1 amide bonds. The molecule has 0 radical (unpaired) electrons. The average Bonchev–Trinajstić information content (AvgIpc) is 2.02. The van der Waals surface area contributed by atoms with Crippen molar-refractivity contribution in [3.63, 3.8) is 0 Å². The summed E-state index contributed by atoms with van der Waals surface area (Å²) in [6.07, 6.45) is -1.44. The Bertz CT molecular complexity index is 229. The van der Waals surface area contributed by atoms with Gasteiger partial charge in [0.05, 0.1) is 0 Å². The quantitative estimate of drug-likeness (QED) is 0.622. The van der Waals surface area contributed by atoms with Crippen molar-refractivity contribution in [1.29, 1.82) is 0 Å². The normalized spacial score (nSPS) is 20.9. The minimum Gasteiger partial charge on any atom is -0.464 e. The van der Waals surface area contributed by atoms with Crippen LogP contribution in [0, 0.1) is 0 Å². The number of hydrazone groups is 1. The maximum atomic E-state index is 12.6. The molecule has 74 valence electrons. The summed E-state index contributed by atoms with van der Waals surface area (Å²) in [6.45, 7) is 0. The third kappa shape index (κ3) is 3.35. The second-order valence-electron chi connectivity index (χ2n) is 2.95. The number of alkyl halides is 2. The van der Waals surface area contributed by atoms with Crippen LogP contribution in [0.3, 0.4) is 0 Å². The fourth-order valence-electron chi connectivity index (χ4n) is 1.14. The summed E-state index contributed by atoms with van der Waals surface area (Å²) in [7, 11) is 0. The lowest BCUT2D eigenvalue weighted by Gasteiger charge is -2.21. The smallest absolute Gasteiger partial charge is 0.425 e. The molecule has 0 saturated heterocycles. The molecule has 0 spiro atoms. The molecule has 0 aromatic heterocycles. The zero-order valence-electron chi connectivity index (χ0n) is 6.89. The van der Waals surface area contributed by atoms with Gasteiger partial charge in [-0.3, -0.25) is 0 Å². The van der Waals surface area contributed by atoms with E-state index in [2.05, 4.69) is 5.10 Å². The van der Waals surface area contributed by atoms with Gasteiger partial charge in [0.15, 0.2) is 0 Å². The number of nitrogens with one attached hydrogen (secondary N) is 1. The van der Waals surface area contributed by atoms with E-state index in [1.54, 1.807) is 5.43 Å². The second kappa shape index (κ2) is 3.68. The van der Waals surface area contributed by atoms with E-state index in [0.717, 1.165) is 0 Å². The number of amides is 1. The Labute approximate surface area is 73.6 Å². The predicted octanol–water partition coefficient (Wildman–Crippen LogP) is 1.82. The first-order valence-corrected chi connectivity index (χ1v) is 3.92. The van der Waals surface area contributed by atoms with Gasteiger partial charge in [0.2, 0.25) is 5.92 Å². The molecule has 4 nitrogen and oxygen atoms in total. The number of carboxylic acid groups (broad SMARTS) is 1. The number of nitrogens with zero attached hydrogens (tertiary/aromatic N) is 1. The topological polar surface area (TPSA) is 61.7 Å². The van der Waals surface area contributed by atoms with Gasteiger partial charge in [0.1, 0.15) is 0 Å².